The van der Waals surface area contributed by atoms with Gasteiger partial charge in [0.25, 0.3) is 0 Å². The highest BCUT2D eigenvalue weighted by molar-refractivity contribution is 5.85. The molecule has 2 unspecified atom stereocenters. The molecule has 0 aliphatic carbocycles. The Kier molecular flexibility index (Phi) is 8.70. The maximum Gasteiger partial charge on any atom is 0.224 e. The maximum atomic E-state index is 11.9. The number of nitrogens with zero attached hydrogens (tertiary/aromatic N) is 3. The number of aromatic nitrogens is 3. The smallest absolute Gasteiger partial charge is 0.224 e. The number of amides is 1. The van der Waals surface area contributed by atoms with Crippen LogP contribution in [0.3, 0.4) is 0 Å². The summed E-state index contributed by atoms with van der Waals surface area (Å²) in [5.41, 5.74) is 6.65. The minimum Gasteiger partial charge on any atom is -0.352 e. The van der Waals surface area contributed by atoms with E-state index in [4.69, 9.17) is 5.73 Å². The van der Waals surface area contributed by atoms with Crippen LogP contribution in [0, 0.1) is 5.92 Å². The van der Waals surface area contributed by atoms with Crippen molar-refractivity contribution in [3.63, 3.8) is 0 Å². The lowest BCUT2D eigenvalue weighted by atomic mass is 10.0. The summed E-state index contributed by atoms with van der Waals surface area (Å²) < 4.78 is 1.82. The SMILES string of the molecule is CC(N)C(C)C(=O)NCc1cccnc1-n1ccnc1.Cl.Cl. The first kappa shape index (κ1) is 20.4. The molecule has 2 aromatic heterocycles. The Hall–Kier alpha value is -1.63. The van der Waals surface area contributed by atoms with Crippen LogP contribution in [-0.4, -0.2) is 26.5 Å². The third-order valence-corrected chi connectivity index (χ3v) is 3.27. The minimum atomic E-state index is -0.219. The van der Waals surface area contributed by atoms with Gasteiger partial charge in [-0.3, -0.25) is 9.36 Å². The molecule has 0 aromatic carbocycles. The van der Waals surface area contributed by atoms with Crippen LogP contribution in [0.2, 0.25) is 0 Å². The number of rotatable bonds is 5. The van der Waals surface area contributed by atoms with E-state index in [1.54, 1.807) is 18.7 Å². The van der Waals surface area contributed by atoms with Crippen LogP contribution >= 0.6 is 24.8 Å². The molecule has 2 atom stereocenters. The summed E-state index contributed by atoms with van der Waals surface area (Å²) in [6.45, 7) is 4.06. The number of carbonyl (C=O) groups excluding carboxylic acids is 1. The van der Waals surface area contributed by atoms with Gasteiger partial charge in [-0.1, -0.05) is 13.0 Å². The molecule has 3 N–H and O–H groups in total. The van der Waals surface area contributed by atoms with Gasteiger partial charge in [0.05, 0.1) is 0 Å². The number of imidazole rings is 1. The Morgan fingerprint density at radius 3 is 2.68 bits per heavy atom. The quantitative estimate of drug-likeness (QED) is 0.863. The van der Waals surface area contributed by atoms with Crippen LogP contribution in [0.25, 0.3) is 5.82 Å². The van der Waals surface area contributed by atoms with Crippen LogP contribution in [0.15, 0.2) is 37.1 Å². The Morgan fingerprint density at radius 2 is 2.09 bits per heavy atom. The van der Waals surface area contributed by atoms with Gasteiger partial charge in [-0.05, 0) is 13.0 Å². The van der Waals surface area contributed by atoms with Crippen LogP contribution in [-0.2, 0) is 11.3 Å². The third-order valence-electron chi connectivity index (χ3n) is 3.27. The lowest BCUT2D eigenvalue weighted by Crippen LogP contribution is -2.38. The molecule has 0 aliphatic heterocycles. The van der Waals surface area contributed by atoms with E-state index in [1.165, 1.54) is 0 Å². The average Bonchev–Trinajstić information content (AvgIpc) is 2.98. The van der Waals surface area contributed by atoms with E-state index in [-0.39, 0.29) is 42.7 Å². The minimum absolute atomic E-state index is 0. The molecule has 0 spiro atoms. The van der Waals surface area contributed by atoms with Gasteiger partial charge in [0.1, 0.15) is 12.1 Å². The lowest BCUT2D eigenvalue weighted by Gasteiger charge is -2.16. The second-order valence-electron chi connectivity index (χ2n) is 4.82. The van der Waals surface area contributed by atoms with Crippen molar-refractivity contribution >= 4 is 30.7 Å². The number of hydrogen-bond donors (Lipinski definition) is 2. The van der Waals surface area contributed by atoms with Crippen molar-refractivity contribution in [3.8, 4) is 5.82 Å². The molecule has 0 radical (unpaired) electrons. The molecule has 2 aromatic rings. The monoisotopic (exact) mass is 345 g/mol. The summed E-state index contributed by atoms with van der Waals surface area (Å²) in [5, 5.41) is 2.89. The zero-order valence-electron chi connectivity index (χ0n) is 12.5. The molecule has 0 saturated heterocycles. The molecule has 0 bridgehead atoms. The first-order valence-electron chi connectivity index (χ1n) is 6.55. The molecule has 6 nitrogen and oxygen atoms in total. The van der Waals surface area contributed by atoms with Gasteiger partial charge in [0.15, 0.2) is 0 Å². The van der Waals surface area contributed by atoms with Crippen LogP contribution in [0.1, 0.15) is 19.4 Å². The van der Waals surface area contributed by atoms with Gasteiger partial charge in [-0.2, -0.15) is 0 Å². The summed E-state index contributed by atoms with van der Waals surface area (Å²) in [5.74, 6) is 0.488. The number of pyridine rings is 1. The summed E-state index contributed by atoms with van der Waals surface area (Å²) in [7, 11) is 0. The number of hydrogen-bond acceptors (Lipinski definition) is 4. The first-order valence-corrected chi connectivity index (χ1v) is 6.55. The highest BCUT2D eigenvalue weighted by Gasteiger charge is 2.17. The second-order valence-corrected chi connectivity index (χ2v) is 4.82. The number of carbonyl (C=O) groups is 1. The van der Waals surface area contributed by atoms with E-state index in [0.29, 0.717) is 6.54 Å². The van der Waals surface area contributed by atoms with Gasteiger partial charge in [-0.15, -0.1) is 24.8 Å². The van der Waals surface area contributed by atoms with Crippen molar-refractivity contribution in [2.75, 3.05) is 0 Å². The zero-order chi connectivity index (χ0) is 14.5. The van der Waals surface area contributed by atoms with Gasteiger partial charge >= 0.3 is 0 Å². The Bertz CT molecular complexity index is 574. The van der Waals surface area contributed by atoms with E-state index >= 15 is 0 Å². The van der Waals surface area contributed by atoms with E-state index in [1.807, 2.05) is 36.7 Å². The summed E-state index contributed by atoms with van der Waals surface area (Å²) in [6.07, 6.45) is 6.90. The summed E-state index contributed by atoms with van der Waals surface area (Å²) in [6, 6.07) is 3.60. The first-order chi connectivity index (χ1) is 9.59. The summed E-state index contributed by atoms with van der Waals surface area (Å²) >= 11 is 0. The van der Waals surface area contributed by atoms with Crippen LogP contribution < -0.4 is 11.1 Å². The van der Waals surface area contributed by atoms with Crippen molar-refractivity contribution in [2.24, 2.45) is 11.7 Å². The topological polar surface area (TPSA) is 85.8 Å². The van der Waals surface area contributed by atoms with Gasteiger partial charge in [0, 0.05) is 42.7 Å². The van der Waals surface area contributed by atoms with E-state index in [9.17, 15) is 4.79 Å². The molecular weight excluding hydrogens is 325 g/mol. The van der Waals surface area contributed by atoms with E-state index < -0.39 is 0 Å². The largest absolute Gasteiger partial charge is 0.352 e. The molecule has 0 saturated carbocycles. The predicted octanol–water partition coefficient (Wildman–Crippen LogP) is 1.71. The number of nitrogens with two attached hydrogens (primary N) is 1. The fourth-order valence-corrected chi connectivity index (χ4v) is 1.77. The number of halogens is 2. The molecule has 22 heavy (non-hydrogen) atoms. The van der Waals surface area contributed by atoms with E-state index in [0.717, 1.165) is 11.4 Å². The summed E-state index contributed by atoms with van der Waals surface area (Å²) in [4.78, 5) is 20.3. The molecule has 122 valence electrons. The third kappa shape index (κ3) is 4.98. The maximum absolute atomic E-state index is 11.9. The molecule has 2 heterocycles. The molecular formula is C14H21Cl2N5O. The second kappa shape index (κ2) is 9.40. The standard InChI is InChI=1S/C14H19N5O.2ClH/c1-10(11(2)15)14(20)18-8-12-4-3-5-17-13(12)19-7-6-16-9-19;;/h3-7,9-11H,8,15H2,1-2H3,(H,18,20);2*1H. The zero-order valence-corrected chi connectivity index (χ0v) is 14.1. The molecule has 1 amide bonds. The van der Waals surface area contributed by atoms with E-state index in [2.05, 4.69) is 15.3 Å². The molecule has 0 fully saturated rings. The van der Waals surface area contributed by atoms with Crippen molar-refractivity contribution in [3.05, 3.63) is 42.6 Å². The van der Waals surface area contributed by atoms with Crippen molar-refractivity contribution < 1.29 is 4.79 Å². The highest BCUT2D eigenvalue weighted by atomic mass is 35.5. The predicted molar refractivity (Wildman–Crippen MR) is 90.5 cm³/mol. The fraction of sp³-hybridized carbons (Fsp3) is 0.357. The molecule has 8 heteroatoms. The Labute approximate surface area is 142 Å². The van der Waals surface area contributed by atoms with Gasteiger partial charge < -0.3 is 11.1 Å². The average molecular weight is 346 g/mol. The van der Waals surface area contributed by atoms with Gasteiger partial charge in [-0.25, -0.2) is 9.97 Å². The van der Waals surface area contributed by atoms with Crippen molar-refractivity contribution in [2.45, 2.75) is 26.4 Å². The highest BCUT2D eigenvalue weighted by Crippen LogP contribution is 2.11. The fourth-order valence-electron chi connectivity index (χ4n) is 1.77. The van der Waals surface area contributed by atoms with Crippen LogP contribution in [0.5, 0.6) is 0 Å². The molecule has 0 aliphatic rings. The Morgan fingerprint density at radius 1 is 1.36 bits per heavy atom. The molecule has 2 rings (SSSR count). The van der Waals surface area contributed by atoms with Crippen molar-refractivity contribution in [1.29, 1.82) is 0 Å². The normalized spacial score (nSPS) is 12.5. The Balaban J connectivity index is 0.00000220. The van der Waals surface area contributed by atoms with Gasteiger partial charge in [0.2, 0.25) is 5.91 Å². The van der Waals surface area contributed by atoms with Crippen molar-refractivity contribution in [1.82, 2.24) is 19.9 Å². The van der Waals surface area contributed by atoms with Crippen LogP contribution in [0.4, 0.5) is 0 Å². The lowest BCUT2D eigenvalue weighted by molar-refractivity contribution is -0.125. The number of nitrogens with one attached hydrogen (secondary N) is 1.